The van der Waals surface area contributed by atoms with Gasteiger partial charge in [0.15, 0.2) is 11.5 Å². The van der Waals surface area contributed by atoms with Gasteiger partial charge < -0.3 is 24.7 Å². The third kappa shape index (κ3) is 5.74. The van der Waals surface area contributed by atoms with Crippen LogP contribution < -0.4 is 25.3 Å². The number of hydrogen-bond donors (Lipinski definition) is 2. The molecular weight excluding hydrogens is 392 g/mol. The monoisotopic (exact) mass is 414 g/mol. The fourth-order valence-corrected chi connectivity index (χ4v) is 2.61. The molecule has 2 aromatic carbocycles. The van der Waals surface area contributed by atoms with E-state index in [-0.39, 0.29) is 0 Å². The molecule has 0 spiro atoms. The topological polar surface area (TPSA) is 126 Å². The smallest absolute Gasteiger partial charge is 0.331 e. The molecule has 0 aliphatic carbocycles. The van der Waals surface area contributed by atoms with Crippen LogP contribution in [0.15, 0.2) is 48.5 Å². The molecule has 9 heteroatoms. The summed E-state index contributed by atoms with van der Waals surface area (Å²) in [4.78, 5) is 35.6. The van der Waals surface area contributed by atoms with E-state index in [1.54, 1.807) is 42.5 Å². The Bertz CT molecular complexity index is 917. The fourth-order valence-electron chi connectivity index (χ4n) is 2.61. The van der Waals surface area contributed by atoms with E-state index >= 15 is 0 Å². The van der Waals surface area contributed by atoms with Gasteiger partial charge in [0.05, 0.1) is 21.3 Å². The van der Waals surface area contributed by atoms with Crippen molar-refractivity contribution in [2.75, 3.05) is 21.3 Å². The maximum atomic E-state index is 12.3. The lowest BCUT2D eigenvalue weighted by Crippen LogP contribution is -2.39. The Kier molecular flexibility index (Phi) is 7.81. The van der Waals surface area contributed by atoms with Gasteiger partial charge in [-0.05, 0) is 23.8 Å². The number of amides is 3. The van der Waals surface area contributed by atoms with Crippen LogP contribution in [-0.2, 0) is 14.3 Å². The molecule has 2 rings (SSSR count). The van der Waals surface area contributed by atoms with Gasteiger partial charge in [0.2, 0.25) is 11.9 Å². The number of carbonyl (C=O) groups is 3. The van der Waals surface area contributed by atoms with Crippen LogP contribution in [0.5, 0.6) is 17.2 Å². The first kappa shape index (κ1) is 22.3. The van der Waals surface area contributed by atoms with Gasteiger partial charge in [-0.2, -0.15) is 0 Å². The molecule has 2 aromatic rings. The molecule has 3 N–H and O–H groups in total. The van der Waals surface area contributed by atoms with Crippen molar-refractivity contribution in [3.05, 3.63) is 59.7 Å². The van der Waals surface area contributed by atoms with Crippen LogP contribution in [-0.4, -0.2) is 39.2 Å². The maximum absolute atomic E-state index is 12.3. The van der Waals surface area contributed by atoms with Crippen LogP contribution in [0, 0.1) is 0 Å². The van der Waals surface area contributed by atoms with Crippen molar-refractivity contribution in [2.45, 2.75) is 6.10 Å². The summed E-state index contributed by atoms with van der Waals surface area (Å²) < 4.78 is 21.0. The number of esters is 1. The van der Waals surface area contributed by atoms with E-state index in [0.29, 0.717) is 28.4 Å². The minimum atomic E-state index is -1.35. The molecule has 0 saturated carbocycles. The highest BCUT2D eigenvalue weighted by Gasteiger charge is 2.25. The Hall–Kier alpha value is -4.01. The first-order valence-electron chi connectivity index (χ1n) is 8.73. The maximum Gasteiger partial charge on any atom is 0.331 e. The van der Waals surface area contributed by atoms with E-state index in [1.807, 2.05) is 5.32 Å². The number of hydrogen-bond acceptors (Lipinski definition) is 7. The first-order valence-corrected chi connectivity index (χ1v) is 8.73. The molecule has 0 unspecified atom stereocenters. The van der Waals surface area contributed by atoms with Crippen LogP contribution in [0.3, 0.4) is 0 Å². The van der Waals surface area contributed by atoms with Gasteiger partial charge in [-0.15, -0.1) is 0 Å². The van der Waals surface area contributed by atoms with Gasteiger partial charge in [0.1, 0.15) is 0 Å². The van der Waals surface area contributed by atoms with Crippen molar-refractivity contribution in [1.29, 1.82) is 0 Å². The van der Waals surface area contributed by atoms with Crippen molar-refractivity contribution in [3.63, 3.8) is 0 Å². The van der Waals surface area contributed by atoms with Crippen LogP contribution >= 0.6 is 0 Å². The number of imide groups is 1. The average molecular weight is 414 g/mol. The molecule has 0 aliphatic heterocycles. The number of nitrogens with two attached hydrogens (primary N) is 1. The van der Waals surface area contributed by atoms with E-state index in [2.05, 4.69) is 0 Å². The summed E-state index contributed by atoms with van der Waals surface area (Å²) in [5, 5.41) is 1.91. The van der Waals surface area contributed by atoms with Crippen LogP contribution in [0.25, 0.3) is 6.08 Å². The van der Waals surface area contributed by atoms with Crippen LogP contribution in [0.2, 0.25) is 0 Å². The zero-order chi connectivity index (χ0) is 22.1. The van der Waals surface area contributed by atoms with E-state index in [9.17, 15) is 14.4 Å². The van der Waals surface area contributed by atoms with E-state index in [0.717, 1.165) is 6.08 Å². The van der Waals surface area contributed by atoms with Crippen molar-refractivity contribution in [1.82, 2.24) is 5.32 Å². The molecular formula is C21H22N2O7. The van der Waals surface area contributed by atoms with E-state index in [1.165, 1.54) is 27.4 Å². The highest BCUT2D eigenvalue weighted by molar-refractivity contribution is 5.98. The largest absolute Gasteiger partial charge is 0.493 e. The Morgan fingerprint density at radius 1 is 0.967 bits per heavy atom. The number of carbonyl (C=O) groups excluding carboxylic acids is 3. The third-order valence-corrected chi connectivity index (χ3v) is 3.92. The number of nitrogens with one attached hydrogen (secondary N) is 1. The molecule has 0 heterocycles. The molecule has 0 radical (unpaired) electrons. The molecule has 0 aromatic heterocycles. The first-order chi connectivity index (χ1) is 14.4. The van der Waals surface area contributed by atoms with Gasteiger partial charge in [0.25, 0.3) is 5.91 Å². The highest BCUT2D eigenvalue weighted by atomic mass is 16.5. The number of rotatable bonds is 8. The molecule has 3 amide bonds. The summed E-state index contributed by atoms with van der Waals surface area (Å²) in [5.41, 5.74) is 5.94. The highest BCUT2D eigenvalue weighted by Crippen LogP contribution is 2.38. The van der Waals surface area contributed by atoms with Gasteiger partial charge in [-0.1, -0.05) is 30.3 Å². The predicted octanol–water partition coefficient (Wildman–Crippen LogP) is 2.21. The minimum Gasteiger partial charge on any atom is -0.493 e. The predicted molar refractivity (Wildman–Crippen MR) is 108 cm³/mol. The molecule has 158 valence electrons. The molecule has 30 heavy (non-hydrogen) atoms. The zero-order valence-electron chi connectivity index (χ0n) is 16.7. The number of primary amides is 1. The number of ether oxygens (including phenoxy) is 4. The van der Waals surface area contributed by atoms with Gasteiger partial charge in [-0.3, -0.25) is 10.1 Å². The minimum absolute atomic E-state index is 0.380. The summed E-state index contributed by atoms with van der Waals surface area (Å²) >= 11 is 0. The normalized spacial score (nSPS) is 11.4. The summed E-state index contributed by atoms with van der Waals surface area (Å²) in [6, 6.07) is 10.5. The van der Waals surface area contributed by atoms with Gasteiger partial charge in [-0.25, -0.2) is 9.59 Å². The number of urea groups is 1. The van der Waals surface area contributed by atoms with Gasteiger partial charge in [0, 0.05) is 11.6 Å². The zero-order valence-corrected chi connectivity index (χ0v) is 16.7. The molecule has 9 nitrogen and oxygen atoms in total. The van der Waals surface area contributed by atoms with E-state index in [4.69, 9.17) is 24.7 Å². The third-order valence-electron chi connectivity index (χ3n) is 3.92. The molecule has 0 bridgehead atoms. The Balaban J connectivity index is 2.23. The number of methoxy groups -OCH3 is 3. The Morgan fingerprint density at radius 3 is 2.07 bits per heavy atom. The van der Waals surface area contributed by atoms with Crippen LogP contribution in [0.4, 0.5) is 4.79 Å². The second-order valence-electron chi connectivity index (χ2n) is 5.87. The van der Waals surface area contributed by atoms with Crippen LogP contribution in [0.1, 0.15) is 17.2 Å². The summed E-state index contributed by atoms with van der Waals surface area (Å²) in [5.74, 6) is -0.437. The molecule has 0 aliphatic rings. The Labute approximate surface area is 173 Å². The lowest BCUT2D eigenvalue weighted by Gasteiger charge is -2.16. The number of benzene rings is 2. The van der Waals surface area contributed by atoms with E-state index < -0.39 is 24.0 Å². The second-order valence-corrected chi connectivity index (χ2v) is 5.87. The van der Waals surface area contributed by atoms with Crippen molar-refractivity contribution >= 4 is 24.0 Å². The van der Waals surface area contributed by atoms with Crippen molar-refractivity contribution in [3.8, 4) is 17.2 Å². The average Bonchev–Trinajstić information content (AvgIpc) is 2.75. The molecule has 1 atom stereocenters. The fraction of sp³-hybridized carbons (Fsp3) is 0.190. The van der Waals surface area contributed by atoms with Crippen molar-refractivity contribution in [2.24, 2.45) is 5.73 Å². The molecule has 0 fully saturated rings. The Morgan fingerprint density at radius 2 is 1.57 bits per heavy atom. The van der Waals surface area contributed by atoms with Gasteiger partial charge >= 0.3 is 12.0 Å². The molecule has 0 saturated heterocycles. The van der Waals surface area contributed by atoms with Crippen molar-refractivity contribution < 1.29 is 33.3 Å². The standard InChI is InChI=1S/C21H22N2O7/c1-27-15-11-13(12-16(28-2)19(15)29-3)9-10-17(24)30-18(20(25)23-21(22)26)14-7-5-4-6-8-14/h4-12,18H,1-3H3,(H3,22,23,25,26)/b10-9+/t18-/m0/s1. The summed E-state index contributed by atoms with van der Waals surface area (Å²) in [7, 11) is 4.43. The second kappa shape index (κ2) is 10.5. The quantitative estimate of drug-likeness (QED) is 0.501. The summed E-state index contributed by atoms with van der Waals surface area (Å²) in [6.45, 7) is 0. The SMILES string of the molecule is COc1cc(/C=C/C(=O)O[C@H](C(=O)NC(N)=O)c2ccccc2)cc(OC)c1OC. The lowest BCUT2D eigenvalue weighted by molar-refractivity contribution is -0.151. The summed E-state index contributed by atoms with van der Waals surface area (Å²) in [6.07, 6.45) is 1.24. The lowest BCUT2D eigenvalue weighted by atomic mass is 10.1.